The summed E-state index contributed by atoms with van der Waals surface area (Å²) in [6.45, 7) is 1.09. The molecule has 0 unspecified atom stereocenters. The first-order valence-corrected chi connectivity index (χ1v) is 11.9. The molecular weight excluding hydrogens is 482 g/mol. The Morgan fingerprint density at radius 1 is 1.06 bits per heavy atom. The van der Waals surface area contributed by atoms with Crippen molar-refractivity contribution in [2.75, 3.05) is 5.75 Å². The SMILES string of the molecule is CCS(=O)(=O)c1cc(S(F)(F)(F)(F)F)ccc1-c1nc2cc(C(F)(F)F)cnc2n1C. The van der Waals surface area contributed by atoms with E-state index in [1.165, 1.54) is 7.05 Å². The Hall–Kier alpha value is -2.42. The minimum atomic E-state index is -10.2. The summed E-state index contributed by atoms with van der Waals surface area (Å²) in [5.74, 6) is -1.08. The lowest BCUT2D eigenvalue weighted by atomic mass is 10.2. The van der Waals surface area contributed by atoms with Gasteiger partial charge in [0.15, 0.2) is 15.5 Å². The highest BCUT2D eigenvalue weighted by Gasteiger charge is 2.65. The van der Waals surface area contributed by atoms with Crippen molar-refractivity contribution in [3.63, 3.8) is 0 Å². The van der Waals surface area contributed by atoms with Gasteiger partial charge in [-0.25, -0.2) is 18.4 Å². The minimum Gasteiger partial charge on any atom is -0.312 e. The van der Waals surface area contributed by atoms with Gasteiger partial charge < -0.3 is 4.57 Å². The fraction of sp³-hybridized carbons (Fsp3) is 0.250. The van der Waals surface area contributed by atoms with Crippen molar-refractivity contribution >= 4 is 31.2 Å². The third-order valence-electron chi connectivity index (χ3n) is 4.39. The molecule has 3 rings (SSSR count). The van der Waals surface area contributed by atoms with Crippen molar-refractivity contribution in [3.8, 4) is 11.4 Å². The highest BCUT2D eigenvalue weighted by molar-refractivity contribution is 8.45. The molecule has 3 aromatic rings. The molecule has 0 N–H and O–H groups in total. The normalized spacial score (nSPS) is 15.7. The van der Waals surface area contributed by atoms with Crippen LogP contribution in [0.1, 0.15) is 12.5 Å². The van der Waals surface area contributed by atoms with Crippen molar-refractivity contribution in [1.29, 1.82) is 0 Å². The van der Waals surface area contributed by atoms with Crippen LogP contribution in [0.2, 0.25) is 0 Å². The predicted molar refractivity (Wildman–Crippen MR) is 98.1 cm³/mol. The molecule has 0 amide bonds. The van der Waals surface area contributed by atoms with E-state index in [4.69, 9.17) is 0 Å². The molecule has 1 aromatic carbocycles. The second-order valence-corrected chi connectivity index (χ2v) is 11.2. The summed E-state index contributed by atoms with van der Waals surface area (Å²) in [7, 11) is -13.4. The summed E-state index contributed by atoms with van der Waals surface area (Å²) in [6, 6.07) is 0.966. The maximum absolute atomic E-state index is 13.2. The van der Waals surface area contributed by atoms with Crippen molar-refractivity contribution in [2.45, 2.75) is 22.9 Å². The molecule has 2 aromatic heterocycles. The molecule has 0 aliphatic heterocycles. The second-order valence-electron chi connectivity index (χ2n) is 6.59. The number of rotatable bonds is 4. The largest absolute Gasteiger partial charge is 0.417 e. The predicted octanol–water partition coefficient (Wildman–Crippen LogP) is 6.11. The maximum atomic E-state index is 13.2. The Kier molecular flexibility index (Phi) is 4.56. The first-order valence-electron chi connectivity index (χ1n) is 8.25. The summed E-state index contributed by atoms with van der Waals surface area (Å²) in [4.78, 5) is 4.01. The number of fused-ring (bicyclic) bond motifs is 1. The third kappa shape index (κ3) is 4.33. The molecule has 0 saturated heterocycles. The van der Waals surface area contributed by atoms with Crippen LogP contribution in [0.25, 0.3) is 22.6 Å². The Morgan fingerprint density at radius 3 is 2.19 bits per heavy atom. The summed E-state index contributed by atoms with van der Waals surface area (Å²) < 4.78 is 131. The molecule has 15 heteroatoms. The Balaban J connectivity index is 2.35. The van der Waals surface area contributed by atoms with Gasteiger partial charge in [0.05, 0.1) is 16.2 Å². The average molecular weight is 495 g/mol. The maximum Gasteiger partial charge on any atom is 0.417 e. The number of alkyl halides is 3. The van der Waals surface area contributed by atoms with Crippen LogP contribution in [0, 0.1) is 0 Å². The topological polar surface area (TPSA) is 64.8 Å². The first-order chi connectivity index (χ1) is 13.7. The molecule has 31 heavy (non-hydrogen) atoms. The van der Waals surface area contributed by atoms with E-state index in [-0.39, 0.29) is 29.1 Å². The number of sulfone groups is 1. The number of pyridine rings is 1. The first kappa shape index (κ1) is 23.2. The van der Waals surface area contributed by atoms with E-state index in [0.717, 1.165) is 11.5 Å². The number of aromatic nitrogens is 3. The van der Waals surface area contributed by atoms with E-state index in [1.807, 2.05) is 0 Å². The van der Waals surface area contributed by atoms with Crippen LogP contribution < -0.4 is 0 Å². The third-order valence-corrected chi connectivity index (χ3v) is 7.30. The number of imidazole rings is 1. The molecule has 0 radical (unpaired) electrons. The summed E-state index contributed by atoms with van der Waals surface area (Å²) >= 11 is 0. The molecule has 0 aliphatic carbocycles. The van der Waals surface area contributed by atoms with E-state index in [2.05, 4.69) is 9.97 Å². The molecule has 0 aliphatic rings. The van der Waals surface area contributed by atoms with Crippen molar-refractivity contribution in [3.05, 3.63) is 36.0 Å². The van der Waals surface area contributed by atoms with Gasteiger partial charge in [0.2, 0.25) is 0 Å². The smallest absolute Gasteiger partial charge is 0.312 e. The van der Waals surface area contributed by atoms with E-state index in [9.17, 15) is 41.0 Å². The second kappa shape index (κ2) is 6.09. The van der Waals surface area contributed by atoms with Crippen LogP contribution in [0.4, 0.5) is 32.6 Å². The molecule has 2 heterocycles. The van der Waals surface area contributed by atoms with Crippen molar-refractivity contribution in [2.24, 2.45) is 7.05 Å². The number of nitrogens with zero attached hydrogens (tertiary/aromatic N) is 3. The van der Waals surface area contributed by atoms with Crippen molar-refractivity contribution < 1.29 is 41.0 Å². The zero-order valence-corrected chi connectivity index (χ0v) is 17.2. The fourth-order valence-electron chi connectivity index (χ4n) is 2.81. The van der Waals surface area contributed by atoms with Crippen LogP contribution in [0.5, 0.6) is 0 Å². The lowest BCUT2D eigenvalue weighted by Crippen LogP contribution is -2.11. The van der Waals surface area contributed by atoms with Gasteiger partial charge in [-0.2, -0.15) is 13.2 Å². The molecular formula is C16H13F8N3O2S2. The van der Waals surface area contributed by atoms with Gasteiger partial charge in [0.25, 0.3) is 0 Å². The van der Waals surface area contributed by atoms with Crippen LogP contribution in [0.15, 0.2) is 40.3 Å². The highest BCUT2D eigenvalue weighted by Crippen LogP contribution is 3.02. The molecule has 0 bridgehead atoms. The van der Waals surface area contributed by atoms with Gasteiger partial charge in [0.1, 0.15) is 16.2 Å². The quantitative estimate of drug-likeness (QED) is 0.410. The zero-order valence-electron chi connectivity index (χ0n) is 15.6. The molecule has 0 saturated carbocycles. The van der Waals surface area contributed by atoms with Gasteiger partial charge >= 0.3 is 16.4 Å². The van der Waals surface area contributed by atoms with Crippen LogP contribution >= 0.6 is 10.2 Å². The van der Waals surface area contributed by atoms with E-state index >= 15 is 0 Å². The summed E-state index contributed by atoms with van der Waals surface area (Å²) in [5, 5.41) is 0. The van der Waals surface area contributed by atoms with Gasteiger partial charge in [-0.3, -0.25) is 0 Å². The summed E-state index contributed by atoms with van der Waals surface area (Å²) in [6.07, 6.45) is -4.24. The zero-order chi connectivity index (χ0) is 23.7. The van der Waals surface area contributed by atoms with Gasteiger partial charge in [-0.1, -0.05) is 26.4 Å². The van der Waals surface area contributed by atoms with E-state index in [0.29, 0.717) is 18.3 Å². The van der Waals surface area contributed by atoms with Crippen molar-refractivity contribution in [1.82, 2.24) is 14.5 Å². The van der Waals surface area contributed by atoms with Gasteiger partial charge in [-0.15, -0.1) is 0 Å². The number of halogens is 8. The number of aryl methyl sites for hydroxylation is 1. The fourth-order valence-corrected chi connectivity index (χ4v) is 4.66. The lowest BCUT2D eigenvalue weighted by Gasteiger charge is -2.40. The average Bonchev–Trinajstić information content (AvgIpc) is 2.94. The van der Waals surface area contributed by atoms with Crippen LogP contribution in [0.3, 0.4) is 0 Å². The van der Waals surface area contributed by atoms with Crippen LogP contribution in [-0.2, 0) is 23.1 Å². The molecule has 0 atom stereocenters. The minimum absolute atomic E-state index is 0.0134. The molecule has 0 fully saturated rings. The van der Waals surface area contributed by atoms with Crippen LogP contribution in [-0.4, -0.2) is 28.7 Å². The number of benzene rings is 1. The molecule has 172 valence electrons. The van der Waals surface area contributed by atoms with Gasteiger partial charge in [-0.05, 0) is 24.3 Å². The standard InChI is InChI=1S/C16H13F8N3O2S2/c1-3-30(28,29)13-7-10(31(20,21,22,23)24)4-5-11(13)14-26-12-6-9(16(17,18)19)8-25-15(12)27(14)2/h4-8H,3H2,1-2H3. The van der Waals surface area contributed by atoms with Gasteiger partial charge in [0, 0.05) is 18.8 Å². The molecule has 5 nitrogen and oxygen atoms in total. The lowest BCUT2D eigenvalue weighted by molar-refractivity contribution is -0.137. The Bertz CT molecular complexity index is 1310. The highest BCUT2D eigenvalue weighted by atomic mass is 32.5. The number of hydrogen-bond acceptors (Lipinski definition) is 4. The monoisotopic (exact) mass is 495 g/mol. The Labute approximate surface area is 170 Å². The molecule has 0 spiro atoms. The van der Waals surface area contributed by atoms with E-state index < -0.39 is 52.9 Å². The Morgan fingerprint density at radius 2 is 1.68 bits per heavy atom. The summed E-state index contributed by atoms with van der Waals surface area (Å²) in [5.41, 5.74) is -2.08. The number of hydrogen-bond donors (Lipinski definition) is 0. The van der Waals surface area contributed by atoms with E-state index in [1.54, 1.807) is 0 Å².